The molecule has 0 bridgehead atoms. The number of aliphatic hydroxyl groups is 2. The van der Waals surface area contributed by atoms with E-state index in [-0.39, 0.29) is 42.2 Å². The quantitative estimate of drug-likeness (QED) is 0.635. The number of carbonyl (C=O) groups is 1. The van der Waals surface area contributed by atoms with E-state index in [1.54, 1.807) is 0 Å². The Hall–Kier alpha value is -1.00. The minimum atomic E-state index is -0.861. The molecule has 2 aliphatic rings. The Morgan fingerprint density at radius 3 is 2.67 bits per heavy atom. The smallest absolute Gasteiger partial charge is 0.251 e. The summed E-state index contributed by atoms with van der Waals surface area (Å²) in [6.07, 6.45) is -2.05. The molecule has 2 heterocycles. The fourth-order valence-corrected chi connectivity index (χ4v) is 3.59. The van der Waals surface area contributed by atoms with Crippen LogP contribution >= 0.6 is 24.0 Å². The van der Waals surface area contributed by atoms with Gasteiger partial charge in [0.1, 0.15) is 18.0 Å². The summed E-state index contributed by atoms with van der Waals surface area (Å²) in [6.45, 7) is 2.23. The number of aliphatic hydroxyl groups excluding tert-OH is 2. The number of nitrogens with one attached hydrogen (secondary N) is 1. The van der Waals surface area contributed by atoms with Crippen molar-refractivity contribution in [2.24, 2.45) is 0 Å². The summed E-state index contributed by atoms with van der Waals surface area (Å²) in [6, 6.07) is 3.38. The summed E-state index contributed by atoms with van der Waals surface area (Å²) in [4.78, 5) is 14.3. The highest BCUT2D eigenvalue weighted by atomic mass is 35.5. The van der Waals surface area contributed by atoms with Gasteiger partial charge in [0, 0.05) is 25.2 Å². The van der Waals surface area contributed by atoms with Crippen LogP contribution in [0.4, 0.5) is 4.39 Å². The molecule has 2 saturated heterocycles. The molecule has 27 heavy (non-hydrogen) atoms. The zero-order chi connectivity index (χ0) is 18.7. The van der Waals surface area contributed by atoms with Gasteiger partial charge in [0.2, 0.25) is 0 Å². The second-order valence-electron chi connectivity index (χ2n) is 6.36. The Morgan fingerprint density at radius 1 is 1.33 bits per heavy atom. The zero-order valence-electron chi connectivity index (χ0n) is 14.5. The average Bonchev–Trinajstić information content (AvgIpc) is 2.98. The van der Waals surface area contributed by atoms with Crippen molar-refractivity contribution in [1.29, 1.82) is 0 Å². The fraction of sp³-hybridized carbons (Fsp3) is 0.588. The summed E-state index contributed by atoms with van der Waals surface area (Å²) >= 11 is 5.71. The van der Waals surface area contributed by atoms with E-state index < -0.39 is 30.0 Å². The number of halogens is 3. The van der Waals surface area contributed by atoms with Crippen LogP contribution in [-0.2, 0) is 9.47 Å². The number of ether oxygens (including phenoxy) is 2. The monoisotopic (exact) mass is 424 g/mol. The number of benzene rings is 1. The molecule has 1 aromatic carbocycles. The Labute approximate surface area is 167 Å². The molecule has 0 aliphatic carbocycles. The summed E-state index contributed by atoms with van der Waals surface area (Å²) in [5, 5.41) is 22.5. The van der Waals surface area contributed by atoms with Gasteiger partial charge in [-0.1, -0.05) is 11.6 Å². The minimum Gasteiger partial charge on any atom is -0.394 e. The number of hydrogen-bond acceptors (Lipinski definition) is 6. The normalized spacial score (nSPS) is 28.6. The SMILES string of the molecule is Cl.O=C(NC[C@H]1O[C@@H](CO)[C@@H](O)[C@H]1N1CCOCC1)c1ccc(F)c(Cl)c1. The van der Waals surface area contributed by atoms with Gasteiger partial charge >= 0.3 is 0 Å². The van der Waals surface area contributed by atoms with Crippen molar-refractivity contribution < 1.29 is 28.9 Å². The second-order valence-corrected chi connectivity index (χ2v) is 6.77. The number of amides is 1. The molecule has 0 radical (unpaired) electrons. The second kappa shape index (κ2) is 9.97. The van der Waals surface area contributed by atoms with E-state index in [4.69, 9.17) is 21.1 Å². The van der Waals surface area contributed by atoms with Crippen LogP contribution in [0, 0.1) is 5.82 Å². The largest absolute Gasteiger partial charge is 0.394 e. The number of hydrogen-bond donors (Lipinski definition) is 3. The lowest BCUT2D eigenvalue weighted by Crippen LogP contribution is -2.54. The maximum Gasteiger partial charge on any atom is 0.251 e. The van der Waals surface area contributed by atoms with Gasteiger partial charge in [-0.3, -0.25) is 9.69 Å². The molecule has 0 spiro atoms. The molecule has 3 rings (SSSR count). The topological polar surface area (TPSA) is 91.3 Å². The molecule has 4 atom stereocenters. The summed E-state index contributed by atoms with van der Waals surface area (Å²) in [5.41, 5.74) is 0.233. The molecular weight excluding hydrogens is 402 g/mol. The molecule has 3 N–H and O–H groups in total. The van der Waals surface area contributed by atoms with Gasteiger partial charge in [0.25, 0.3) is 5.91 Å². The predicted octanol–water partition coefficient (Wildman–Crippen LogP) is 0.452. The van der Waals surface area contributed by atoms with Crippen molar-refractivity contribution in [1.82, 2.24) is 10.2 Å². The third kappa shape index (κ3) is 5.08. The van der Waals surface area contributed by atoms with Gasteiger partial charge in [-0.15, -0.1) is 12.4 Å². The Morgan fingerprint density at radius 2 is 2.04 bits per heavy atom. The van der Waals surface area contributed by atoms with Crippen LogP contribution in [-0.4, -0.2) is 84.8 Å². The van der Waals surface area contributed by atoms with Crippen molar-refractivity contribution >= 4 is 29.9 Å². The lowest BCUT2D eigenvalue weighted by Gasteiger charge is -2.36. The number of carbonyl (C=O) groups excluding carboxylic acids is 1. The number of rotatable bonds is 5. The van der Waals surface area contributed by atoms with Gasteiger partial charge < -0.3 is 25.0 Å². The van der Waals surface area contributed by atoms with E-state index in [9.17, 15) is 19.4 Å². The van der Waals surface area contributed by atoms with Crippen LogP contribution < -0.4 is 5.32 Å². The molecular formula is C17H23Cl2FN2O5. The van der Waals surface area contributed by atoms with E-state index in [0.29, 0.717) is 26.3 Å². The van der Waals surface area contributed by atoms with E-state index >= 15 is 0 Å². The molecule has 0 unspecified atom stereocenters. The summed E-state index contributed by atoms with van der Waals surface area (Å²) in [7, 11) is 0. The average molecular weight is 425 g/mol. The molecule has 10 heteroatoms. The van der Waals surface area contributed by atoms with E-state index in [2.05, 4.69) is 10.2 Å². The molecule has 2 aliphatic heterocycles. The maximum absolute atomic E-state index is 13.2. The predicted molar refractivity (Wildman–Crippen MR) is 98.9 cm³/mol. The van der Waals surface area contributed by atoms with Crippen LogP contribution in [0.5, 0.6) is 0 Å². The highest BCUT2D eigenvalue weighted by molar-refractivity contribution is 6.31. The van der Waals surface area contributed by atoms with Gasteiger partial charge in [-0.05, 0) is 18.2 Å². The molecule has 1 aromatic rings. The van der Waals surface area contributed by atoms with E-state index in [1.165, 1.54) is 12.1 Å². The van der Waals surface area contributed by atoms with Gasteiger partial charge in [-0.25, -0.2) is 4.39 Å². The Bertz CT molecular complexity index is 648. The van der Waals surface area contributed by atoms with Crippen LogP contribution in [0.15, 0.2) is 18.2 Å². The maximum atomic E-state index is 13.2. The first-order valence-electron chi connectivity index (χ1n) is 8.50. The van der Waals surface area contributed by atoms with E-state index in [1.807, 2.05) is 0 Å². The minimum absolute atomic E-state index is 0. The highest BCUT2D eigenvalue weighted by Crippen LogP contribution is 2.26. The third-order valence-corrected chi connectivity index (χ3v) is 5.04. The van der Waals surface area contributed by atoms with Crippen molar-refractivity contribution in [3.8, 4) is 0 Å². The van der Waals surface area contributed by atoms with Crippen LogP contribution in [0.25, 0.3) is 0 Å². The van der Waals surface area contributed by atoms with Crippen LogP contribution in [0.3, 0.4) is 0 Å². The van der Waals surface area contributed by atoms with Crippen LogP contribution in [0.2, 0.25) is 5.02 Å². The summed E-state index contributed by atoms with van der Waals surface area (Å²) in [5.74, 6) is -1.01. The van der Waals surface area contributed by atoms with Crippen molar-refractivity contribution in [3.05, 3.63) is 34.6 Å². The lowest BCUT2D eigenvalue weighted by atomic mass is 10.0. The molecule has 0 aromatic heterocycles. The van der Waals surface area contributed by atoms with E-state index in [0.717, 1.165) is 6.07 Å². The number of morpholine rings is 1. The Kier molecular flexibility index (Phi) is 8.23. The first-order valence-corrected chi connectivity index (χ1v) is 8.88. The molecule has 2 fully saturated rings. The molecule has 7 nitrogen and oxygen atoms in total. The van der Waals surface area contributed by atoms with Gasteiger partial charge in [0.15, 0.2) is 0 Å². The van der Waals surface area contributed by atoms with Gasteiger partial charge in [-0.2, -0.15) is 0 Å². The number of nitrogens with zero attached hydrogens (tertiary/aromatic N) is 1. The lowest BCUT2D eigenvalue weighted by molar-refractivity contribution is -0.0220. The van der Waals surface area contributed by atoms with Crippen molar-refractivity contribution in [2.45, 2.75) is 24.4 Å². The fourth-order valence-electron chi connectivity index (χ4n) is 3.40. The van der Waals surface area contributed by atoms with Crippen molar-refractivity contribution in [2.75, 3.05) is 39.5 Å². The molecule has 0 saturated carbocycles. The zero-order valence-corrected chi connectivity index (χ0v) is 16.1. The molecule has 1 amide bonds. The Balaban J connectivity index is 0.00000261. The highest BCUT2D eigenvalue weighted by Gasteiger charge is 2.46. The van der Waals surface area contributed by atoms with Crippen LogP contribution in [0.1, 0.15) is 10.4 Å². The standard InChI is InChI=1S/C17H22ClFN2O5.ClH/c18-11-7-10(1-2-12(11)19)17(24)20-8-13-15(16(23)14(9-22)26-13)21-3-5-25-6-4-21;/h1-2,7,13-16,22-23H,3-6,8-9H2,(H,20,24);1H/t13-,14+,15+,16-;/m1./s1. The first kappa shape index (κ1) is 22.3. The van der Waals surface area contributed by atoms with Gasteiger partial charge in [0.05, 0.1) is 37.0 Å². The molecule has 152 valence electrons. The first-order chi connectivity index (χ1) is 12.5. The summed E-state index contributed by atoms with van der Waals surface area (Å²) < 4.78 is 24.3. The van der Waals surface area contributed by atoms with Crippen molar-refractivity contribution in [3.63, 3.8) is 0 Å². The third-order valence-electron chi connectivity index (χ3n) is 4.75.